The summed E-state index contributed by atoms with van der Waals surface area (Å²) in [4.78, 5) is 30.4. The molecule has 0 bridgehead atoms. The second-order valence-electron chi connectivity index (χ2n) is 11.6. The average Bonchev–Trinajstić information content (AvgIpc) is 3.62. The number of benzene rings is 1. The topological polar surface area (TPSA) is 158 Å². The molecule has 1 fully saturated rings. The summed E-state index contributed by atoms with van der Waals surface area (Å²) in [6.45, 7) is 14.6. The zero-order valence-corrected chi connectivity index (χ0v) is 28.1. The summed E-state index contributed by atoms with van der Waals surface area (Å²) in [5.74, 6) is 1.40. The van der Waals surface area contributed by atoms with Gasteiger partial charge in [0.25, 0.3) is 0 Å². The third kappa shape index (κ3) is 8.55. The van der Waals surface area contributed by atoms with Gasteiger partial charge in [0.1, 0.15) is 17.6 Å². The first-order valence-electron chi connectivity index (χ1n) is 15.1. The van der Waals surface area contributed by atoms with Crippen molar-refractivity contribution in [2.45, 2.75) is 73.1 Å². The second kappa shape index (κ2) is 15.1. The molecule has 4 unspecified atom stereocenters. The van der Waals surface area contributed by atoms with Gasteiger partial charge in [0.2, 0.25) is 11.8 Å². The summed E-state index contributed by atoms with van der Waals surface area (Å²) in [5.41, 5.74) is 7.71. The van der Waals surface area contributed by atoms with E-state index in [-0.39, 0.29) is 36.1 Å². The molecular weight excluding hydrogens is 597 g/mol. The van der Waals surface area contributed by atoms with Gasteiger partial charge < -0.3 is 33.6 Å². The number of nitrogens with zero attached hydrogens (tertiary/aromatic N) is 5. The first-order chi connectivity index (χ1) is 21.5. The van der Waals surface area contributed by atoms with E-state index in [0.29, 0.717) is 42.4 Å². The van der Waals surface area contributed by atoms with Crippen LogP contribution in [-0.4, -0.2) is 69.5 Å². The minimum absolute atomic E-state index is 0.0480. The van der Waals surface area contributed by atoms with Gasteiger partial charge in [0.05, 0.1) is 44.6 Å². The van der Waals surface area contributed by atoms with Crippen LogP contribution >= 0.6 is 8.53 Å². The average molecular weight is 642 g/mol. The Morgan fingerprint density at radius 1 is 1.20 bits per heavy atom. The number of hydrogen-bond acceptors (Lipinski definition) is 12. The van der Waals surface area contributed by atoms with Crippen LogP contribution in [0.3, 0.4) is 0 Å². The normalized spacial score (nSPS) is 17.9. The molecule has 0 radical (unpaired) electrons. The quantitative estimate of drug-likeness (QED) is 0.156. The van der Waals surface area contributed by atoms with Crippen molar-refractivity contribution in [3.8, 4) is 11.6 Å². The first-order valence-corrected chi connectivity index (χ1v) is 16.3. The lowest BCUT2D eigenvalue weighted by Gasteiger charge is -2.24. The van der Waals surface area contributed by atoms with E-state index in [1.807, 2.05) is 76.4 Å². The second-order valence-corrected chi connectivity index (χ2v) is 12.8. The van der Waals surface area contributed by atoms with E-state index in [9.17, 15) is 4.79 Å². The third-order valence-corrected chi connectivity index (χ3v) is 8.13. The minimum Gasteiger partial charge on any atom is -0.479 e. The molecule has 4 aromatic rings. The number of aromatic nitrogens is 5. The summed E-state index contributed by atoms with van der Waals surface area (Å²) >= 11 is 0. The van der Waals surface area contributed by atoms with Crippen LogP contribution in [0, 0.1) is 12.3 Å². The number of imidazole rings is 1. The maximum atomic E-state index is 12.8. The molecule has 13 nitrogen and oxygen atoms in total. The van der Waals surface area contributed by atoms with Gasteiger partial charge in [-0.25, -0.2) is 10.1 Å². The summed E-state index contributed by atoms with van der Waals surface area (Å²) < 4.78 is 31.6. The van der Waals surface area contributed by atoms with Crippen LogP contribution in [0.2, 0.25) is 0 Å². The number of nitrogens with one attached hydrogen (secondary N) is 1. The highest BCUT2D eigenvalue weighted by atomic mass is 31.2. The number of ether oxygens (including phenoxy) is 3. The van der Waals surface area contributed by atoms with Crippen LogP contribution in [0.25, 0.3) is 22.1 Å². The Bertz CT molecular complexity index is 1590. The molecule has 0 spiro atoms. The maximum Gasteiger partial charge on any atom is 0.323 e. The zero-order chi connectivity index (χ0) is 32.7. The van der Waals surface area contributed by atoms with Crippen LogP contribution in [0.5, 0.6) is 11.6 Å². The lowest BCUT2D eigenvalue weighted by atomic mass is 9.99. The first kappa shape index (κ1) is 34.2. The van der Waals surface area contributed by atoms with Crippen molar-refractivity contribution >= 4 is 42.5 Å². The number of aryl methyl sites for hydroxylation is 1. The van der Waals surface area contributed by atoms with Crippen molar-refractivity contribution in [2.75, 3.05) is 32.7 Å². The van der Waals surface area contributed by atoms with Crippen molar-refractivity contribution in [2.24, 2.45) is 5.41 Å². The monoisotopic (exact) mass is 641 g/mol. The van der Waals surface area contributed by atoms with Crippen molar-refractivity contribution in [3.05, 3.63) is 42.4 Å². The van der Waals surface area contributed by atoms with E-state index >= 15 is 0 Å². The van der Waals surface area contributed by atoms with Crippen LogP contribution in [0.4, 0.5) is 5.95 Å². The number of esters is 1. The third-order valence-electron chi connectivity index (χ3n) is 6.78. The predicted molar refractivity (Wildman–Crippen MR) is 174 cm³/mol. The van der Waals surface area contributed by atoms with Crippen molar-refractivity contribution in [1.29, 1.82) is 0 Å². The maximum absolute atomic E-state index is 12.8. The van der Waals surface area contributed by atoms with Crippen molar-refractivity contribution in [1.82, 2.24) is 29.6 Å². The summed E-state index contributed by atoms with van der Waals surface area (Å²) in [7, 11) is -0.249. The molecule has 3 N–H and O–H groups in total. The molecule has 1 saturated heterocycles. The highest BCUT2D eigenvalue weighted by molar-refractivity contribution is 7.45. The Morgan fingerprint density at radius 3 is 2.71 bits per heavy atom. The van der Waals surface area contributed by atoms with Gasteiger partial charge in [0, 0.05) is 11.6 Å². The smallest absolute Gasteiger partial charge is 0.323 e. The molecule has 1 aliphatic rings. The number of pyridine rings is 1. The molecule has 1 aliphatic heterocycles. The molecule has 45 heavy (non-hydrogen) atoms. The molecular formula is C31H44N7O6P. The number of anilines is 1. The lowest BCUT2D eigenvalue weighted by molar-refractivity contribution is -0.148. The number of carbonyl (C=O) groups excluding carboxylic acids is 1. The summed E-state index contributed by atoms with van der Waals surface area (Å²) in [6.07, 6.45) is 2.13. The Labute approximate surface area is 265 Å². The van der Waals surface area contributed by atoms with E-state index in [1.165, 1.54) is 7.11 Å². The number of fused-ring (bicyclic) bond motifs is 2. The predicted octanol–water partition coefficient (Wildman–Crippen LogP) is 5.52. The van der Waals surface area contributed by atoms with Gasteiger partial charge in [-0.3, -0.25) is 9.78 Å². The number of nitrogens with two attached hydrogens (primary N) is 1. The molecule has 4 heterocycles. The zero-order valence-electron chi connectivity index (χ0n) is 27.2. The molecule has 5 rings (SSSR count). The van der Waals surface area contributed by atoms with E-state index in [1.54, 1.807) is 13.1 Å². The SMILES string of the molecule is CC.COc1nc(N)nc2c1nc(C)n2C1COC(COP(NC(C)C(=O)OCC(C)(C)C)Oc2cccc3ncccc23)C1. The van der Waals surface area contributed by atoms with E-state index < -0.39 is 14.6 Å². The van der Waals surface area contributed by atoms with Crippen LogP contribution in [0.15, 0.2) is 36.5 Å². The van der Waals surface area contributed by atoms with Crippen molar-refractivity contribution in [3.63, 3.8) is 0 Å². The van der Waals surface area contributed by atoms with Crippen LogP contribution in [0.1, 0.15) is 59.8 Å². The summed E-state index contributed by atoms with van der Waals surface area (Å²) in [6, 6.07) is 8.69. The highest BCUT2D eigenvalue weighted by Crippen LogP contribution is 2.40. The molecule has 0 amide bonds. The Kier molecular flexibility index (Phi) is 11.5. The lowest BCUT2D eigenvalue weighted by Crippen LogP contribution is -2.35. The van der Waals surface area contributed by atoms with Gasteiger partial charge in [-0.2, -0.15) is 9.97 Å². The molecule has 0 aliphatic carbocycles. The number of rotatable bonds is 11. The molecule has 1 aromatic carbocycles. The van der Waals surface area contributed by atoms with E-state index in [2.05, 4.69) is 25.0 Å². The number of nitrogen functional groups attached to an aromatic ring is 1. The molecule has 4 atom stereocenters. The largest absolute Gasteiger partial charge is 0.479 e. The van der Waals surface area contributed by atoms with Gasteiger partial charge in [-0.05, 0) is 49.9 Å². The molecule has 244 valence electrons. The Morgan fingerprint density at radius 2 is 1.98 bits per heavy atom. The van der Waals surface area contributed by atoms with Gasteiger partial charge in [0.15, 0.2) is 11.2 Å². The minimum atomic E-state index is -1.77. The number of hydrogen-bond donors (Lipinski definition) is 2. The summed E-state index contributed by atoms with van der Waals surface area (Å²) in [5, 5.41) is 4.03. The molecule has 0 saturated carbocycles. The van der Waals surface area contributed by atoms with E-state index in [4.69, 9.17) is 29.0 Å². The van der Waals surface area contributed by atoms with Gasteiger partial charge in [-0.15, -0.1) is 0 Å². The standard InChI is InChI=1S/C29H38N7O6P.C2H6/c1-17(27(37)40-16-29(3,4)5)35-43(42-23-11-7-10-22-21(23)9-8-12-31-22)41-15-20-13-19(14-39-20)36-18(2)32-24-25(36)33-28(30)34-26(24)38-6;1-2/h7-12,17,19-20,35H,13-16H2,1-6H3,(H2,30,33,34);1-2H3. The Hall–Kier alpha value is -3.64. The fraction of sp³-hybridized carbons (Fsp3) is 0.516. The number of methoxy groups -OCH3 is 1. The molecule has 14 heteroatoms. The van der Waals surface area contributed by atoms with Crippen molar-refractivity contribution < 1.29 is 28.1 Å². The Balaban J connectivity index is 0.00000226. The van der Waals surface area contributed by atoms with E-state index in [0.717, 1.165) is 16.7 Å². The fourth-order valence-electron chi connectivity index (χ4n) is 4.74. The van der Waals surface area contributed by atoms with Crippen LogP contribution in [-0.2, 0) is 18.8 Å². The fourth-order valence-corrected chi connectivity index (χ4v) is 5.99. The molecule has 3 aromatic heterocycles. The van der Waals surface area contributed by atoms with Gasteiger partial charge >= 0.3 is 14.5 Å². The highest BCUT2D eigenvalue weighted by Gasteiger charge is 2.32. The number of carbonyl (C=O) groups is 1. The van der Waals surface area contributed by atoms with Gasteiger partial charge in [-0.1, -0.05) is 40.7 Å². The van der Waals surface area contributed by atoms with Crippen LogP contribution < -0.4 is 20.1 Å².